The first-order chi connectivity index (χ1) is 9.74. The van der Waals surface area contributed by atoms with Gasteiger partial charge >= 0.3 is 0 Å². The maximum Gasteiger partial charge on any atom is 0.294 e. The van der Waals surface area contributed by atoms with Crippen LogP contribution in [0, 0.1) is 12.8 Å². The van der Waals surface area contributed by atoms with Crippen LogP contribution >= 0.6 is 11.3 Å². The molecule has 2 aliphatic rings. The van der Waals surface area contributed by atoms with E-state index in [-0.39, 0.29) is 11.9 Å². The highest BCUT2D eigenvalue weighted by molar-refractivity contribution is 7.10. The number of aryl methyl sites for hydroxylation is 1. The monoisotopic (exact) mass is 288 g/mol. The largest absolute Gasteiger partial charge is 0.328 e. The van der Waals surface area contributed by atoms with E-state index in [2.05, 4.69) is 26.6 Å². The quantitative estimate of drug-likeness (QED) is 0.922. The topological polar surface area (TPSA) is 61.9 Å². The second-order valence-corrected chi connectivity index (χ2v) is 6.58. The first-order valence-corrected chi connectivity index (χ1v) is 7.88. The maximum absolute atomic E-state index is 12.7. The van der Waals surface area contributed by atoms with Gasteiger partial charge in [0, 0.05) is 11.4 Å². The van der Waals surface area contributed by atoms with E-state index in [1.807, 2.05) is 23.2 Å². The Morgan fingerprint density at radius 2 is 2.35 bits per heavy atom. The van der Waals surface area contributed by atoms with Gasteiger partial charge in [-0.2, -0.15) is 0 Å². The summed E-state index contributed by atoms with van der Waals surface area (Å²) in [7, 11) is 0. The summed E-state index contributed by atoms with van der Waals surface area (Å²) in [6, 6.07) is 2.42. The zero-order chi connectivity index (χ0) is 13.7. The van der Waals surface area contributed by atoms with E-state index in [0.717, 1.165) is 13.0 Å². The van der Waals surface area contributed by atoms with Crippen molar-refractivity contribution in [3.63, 3.8) is 0 Å². The van der Waals surface area contributed by atoms with Crippen LogP contribution in [0.3, 0.4) is 0 Å². The SMILES string of the molecule is Cc1nc(C(=O)N2CCc3sccc3C2C2CC2)n[nH]1. The molecule has 1 amide bonds. The summed E-state index contributed by atoms with van der Waals surface area (Å²) in [5.41, 5.74) is 1.35. The molecule has 0 saturated heterocycles. The summed E-state index contributed by atoms with van der Waals surface area (Å²) in [4.78, 5) is 20.3. The van der Waals surface area contributed by atoms with Gasteiger partial charge in [-0.15, -0.1) is 16.4 Å². The highest BCUT2D eigenvalue weighted by Crippen LogP contribution is 2.48. The van der Waals surface area contributed by atoms with E-state index in [9.17, 15) is 4.79 Å². The number of fused-ring (bicyclic) bond motifs is 1. The van der Waals surface area contributed by atoms with Crippen LogP contribution in [0.25, 0.3) is 0 Å². The average Bonchev–Trinajstić information content (AvgIpc) is 3.00. The lowest BCUT2D eigenvalue weighted by Crippen LogP contribution is -2.41. The molecule has 1 aliphatic heterocycles. The van der Waals surface area contributed by atoms with Gasteiger partial charge in [-0.05, 0) is 49.1 Å². The molecule has 3 heterocycles. The predicted octanol–water partition coefficient (Wildman–Crippen LogP) is 2.32. The zero-order valence-corrected chi connectivity index (χ0v) is 12.1. The minimum absolute atomic E-state index is 0.0388. The molecule has 6 heteroatoms. The number of H-pyrrole nitrogens is 1. The van der Waals surface area contributed by atoms with Gasteiger partial charge in [0.1, 0.15) is 5.82 Å². The van der Waals surface area contributed by atoms with Crippen LogP contribution in [0.15, 0.2) is 11.4 Å². The van der Waals surface area contributed by atoms with Crippen LogP contribution in [-0.4, -0.2) is 32.5 Å². The molecule has 2 aromatic rings. The lowest BCUT2D eigenvalue weighted by molar-refractivity contribution is 0.0624. The third-order valence-corrected chi connectivity index (χ3v) is 5.13. The van der Waals surface area contributed by atoms with Crippen LogP contribution in [0.2, 0.25) is 0 Å². The van der Waals surface area contributed by atoms with E-state index >= 15 is 0 Å². The Kier molecular flexibility index (Phi) is 2.66. The minimum atomic E-state index is -0.0388. The number of rotatable bonds is 2. The number of hydrogen-bond acceptors (Lipinski definition) is 4. The molecule has 0 aromatic carbocycles. The molecule has 104 valence electrons. The van der Waals surface area contributed by atoms with Gasteiger partial charge in [0.25, 0.3) is 5.91 Å². The fourth-order valence-electron chi connectivity index (χ4n) is 3.06. The van der Waals surface area contributed by atoms with Gasteiger partial charge in [-0.25, -0.2) is 4.98 Å². The predicted molar refractivity (Wildman–Crippen MR) is 75.6 cm³/mol. The van der Waals surface area contributed by atoms with Crippen molar-refractivity contribution in [3.05, 3.63) is 33.5 Å². The molecule has 1 fully saturated rings. The second kappa shape index (κ2) is 4.41. The van der Waals surface area contributed by atoms with Gasteiger partial charge in [-0.1, -0.05) is 0 Å². The van der Waals surface area contributed by atoms with Crippen molar-refractivity contribution in [2.45, 2.75) is 32.2 Å². The maximum atomic E-state index is 12.7. The third-order valence-electron chi connectivity index (χ3n) is 4.13. The Morgan fingerprint density at radius 1 is 1.50 bits per heavy atom. The Morgan fingerprint density at radius 3 is 3.05 bits per heavy atom. The second-order valence-electron chi connectivity index (χ2n) is 5.57. The van der Waals surface area contributed by atoms with Crippen molar-refractivity contribution < 1.29 is 4.79 Å². The molecule has 4 rings (SSSR count). The molecule has 20 heavy (non-hydrogen) atoms. The molecule has 0 spiro atoms. The first-order valence-electron chi connectivity index (χ1n) is 7.00. The number of thiophene rings is 1. The smallest absolute Gasteiger partial charge is 0.294 e. The summed E-state index contributed by atoms with van der Waals surface area (Å²) in [5.74, 6) is 1.56. The number of aromatic nitrogens is 3. The molecule has 1 aliphatic carbocycles. The zero-order valence-electron chi connectivity index (χ0n) is 11.3. The van der Waals surface area contributed by atoms with Gasteiger partial charge in [0.15, 0.2) is 0 Å². The number of carbonyl (C=O) groups excluding carboxylic acids is 1. The van der Waals surface area contributed by atoms with Gasteiger partial charge in [-0.3, -0.25) is 9.89 Å². The van der Waals surface area contributed by atoms with Crippen LogP contribution in [-0.2, 0) is 6.42 Å². The highest BCUT2D eigenvalue weighted by Gasteiger charge is 2.42. The Bertz CT molecular complexity index is 658. The van der Waals surface area contributed by atoms with E-state index < -0.39 is 0 Å². The summed E-state index contributed by atoms with van der Waals surface area (Å²) < 4.78 is 0. The molecule has 0 bridgehead atoms. The first kappa shape index (κ1) is 12.1. The van der Waals surface area contributed by atoms with Crippen molar-refractivity contribution in [3.8, 4) is 0 Å². The number of amides is 1. The number of carbonyl (C=O) groups is 1. The summed E-state index contributed by atoms with van der Waals surface area (Å²) >= 11 is 1.81. The molecule has 0 radical (unpaired) electrons. The van der Waals surface area contributed by atoms with Gasteiger partial charge < -0.3 is 4.90 Å². The van der Waals surface area contributed by atoms with Crippen molar-refractivity contribution >= 4 is 17.2 Å². The molecule has 2 aromatic heterocycles. The normalized spacial score (nSPS) is 21.9. The molecule has 1 unspecified atom stereocenters. The Balaban J connectivity index is 1.69. The summed E-state index contributed by atoms with van der Waals surface area (Å²) in [6.45, 7) is 2.59. The van der Waals surface area contributed by atoms with Crippen LogP contribution in [0.4, 0.5) is 0 Å². The van der Waals surface area contributed by atoms with Crippen LogP contribution in [0.1, 0.15) is 45.8 Å². The molecular weight excluding hydrogens is 272 g/mol. The number of aromatic amines is 1. The average molecular weight is 288 g/mol. The van der Waals surface area contributed by atoms with Crippen molar-refractivity contribution in [2.75, 3.05) is 6.54 Å². The van der Waals surface area contributed by atoms with E-state index in [1.165, 1.54) is 23.3 Å². The van der Waals surface area contributed by atoms with Crippen LogP contribution < -0.4 is 0 Å². The summed E-state index contributed by atoms with van der Waals surface area (Å²) in [5, 5.41) is 8.92. The third kappa shape index (κ3) is 1.86. The molecule has 1 atom stereocenters. The number of hydrogen-bond donors (Lipinski definition) is 1. The molecule has 5 nitrogen and oxygen atoms in total. The lowest BCUT2D eigenvalue weighted by Gasteiger charge is -2.35. The van der Waals surface area contributed by atoms with Crippen LogP contribution in [0.5, 0.6) is 0 Å². The van der Waals surface area contributed by atoms with Crippen molar-refractivity contribution in [2.24, 2.45) is 5.92 Å². The Hall–Kier alpha value is -1.69. The fraction of sp³-hybridized carbons (Fsp3) is 0.500. The number of nitrogens with one attached hydrogen (secondary N) is 1. The fourth-order valence-corrected chi connectivity index (χ4v) is 3.97. The van der Waals surface area contributed by atoms with Gasteiger partial charge in [0.2, 0.25) is 5.82 Å². The van der Waals surface area contributed by atoms with Crippen molar-refractivity contribution in [1.82, 2.24) is 20.1 Å². The molecule has 1 N–H and O–H groups in total. The van der Waals surface area contributed by atoms with E-state index in [1.54, 1.807) is 0 Å². The Labute approximate surface area is 121 Å². The number of nitrogens with zero attached hydrogens (tertiary/aromatic N) is 3. The highest BCUT2D eigenvalue weighted by atomic mass is 32.1. The summed E-state index contributed by atoms with van der Waals surface area (Å²) in [6.07, 6.45) is 3.39. The van der Waals surface area contributed by atoms with Crippen molar-refractivity contribution in [1.29, 1.82) is 0 Å². The standard InChI is InChI=1S/C14H16N4OS/c1-8-15-13(17-16-8)14(19)18-6-4-11-10(5-7-20-11)12(18)9-2-3-9/h5,7,9,12H,2-4,6H2,1H3,(H,15,16,17). The lowest BCUT2D eigenvalue weighted by atomic mass is 9.96. The van der Waals surface area contributed by atoms with E-state index in [0.29, 0.717) is 17.6 Å². The van der Waals surface area contributed by atoms with E-state index in [4.69, 9.17) is 0 Å². The minimum Gasteiger partial charge on any atom is -0.328 e. The molecular formula is C14H16N4OS. The molecule has 1 saturated carbocycles. The van der Waals surface area contributed by atoms with Gasteiger partial charge in [0.05, 0.1) is 6.04 Å².